The van der Waals surface area contributed by atoms with Gasteiger partial charge in [0.1, 0.15) is 6.04 Å². The lowest BCUT2D eigenvalue weighted by atomic mass is 10.0. The van der Waals surface area contributed by atoms with Crippen molar-refractivity contribution in [2.45, 2.75) is 25.3 Å². The van der Waals surface area contributed by atoms with Gasteiger partial charge in [-0.2, -0.15) is 0 Å². The van der Waals surface area contributed by atoms with Gasteiger partial charge in [0.2, 0.25) is 5.76 Å². The standard InChI is InChI=1S/C10H12N2O4/c13-9(8-5-11-6-16-8)12-4-2-1-3-7(12)10(14)15/h5-7H,1-4H2,(H,14,15). The van der Waals surface area contributed by atoms with Gasteiger partial charge in [0.15, 0.2) is 6.39 Å². The maximum atomic E-state index is 11.9. The van der Waals surface area contributed by atoms with Crippen molar-refractivity contribution in [3.63, 3.8) is 0 Å². The summed E-state index contributed by atoms with van der Waals surface area (Å²) < 4.78 is 4.88. The van der Waals surface area contributed by atoms with Crippen molar-refractivity contribution in [2.24, 2.45) is 0 Å². The minimum absolute atomic E-state index is 0.0909. The molecule has 2 heterocycles. The second kappa shape index (κ2) is 4.34. The molecule has 0 saturated carbocycles. The van der Waals surface area contributed by atoms with Crippen molar-refractivity contribution in [1.29, 1.82) is 0 Å². The highest BCUT2D eigenvalue weighted by Crippen LogP contribution is 2.19. The fraction of sp³-hybridized carbons (Fsp3) is 0.500. The summed E-state index contributed by atoms with van der Waals surface area (Å²) >= 11 is 0. The number of oxazole rings is 1. The number of nitrogens with zero attached hydrogens (tertiary/aromatic N) is 2. The van der Waals surface area contributed by atoms with Crippen molar-refractivity contribution in [1.82, 2.24) is 9.88 Å². The molecule has 1 saturated heterocycles. The first-order valence-electron chi connectivity index (χ1n) is 5.12. The van der Waals surface area contributed by atoms with Crippen molar-refractivity contribution in [3.8, 4) is 0 Å². The van der Waals surface area contributed by atoms with Gasteiger partial charge in [-0.25, -0.2) is 9.78 Å². The van der Waals surface area contributed by atoms with E-state index in [1.54, 1.807) is 0 Å². The molecule has 6 heteroatoms. The van der Waals surface area contributed by atoms with Gasteiger partial charge in [-0.1, -0.05) is 0 Å². The maximum Gasteiger partial charge on any atom is 0.326 e. The van der Waals surface area contributed by atoms with Crippen LogP contribution in [0.2, 0.25) is 0 Å². The lowest BCUT2D eigenvalue weighted by molar-refractivity contribution is -0.143. The van der Waals surface area contributed by atoms with Crippen LogP contribution in [0, 0.1) is 0 Å². The van der Waals surface area contributed by atoms with Crippen LogP contribution in [0.25, 0.3) is 0 Å². The Morgan fingerprint density at radius 2 is 2.31 bits per heavy atom. The van der Waals surface area contributed by atoms with E-state index in [-0.39, 0.29) is 5.76 Å². The topological polar surface area (TPSA) is 83.6 Å². The van der Waals surface area contributed by atoms with Crippen molar-refractivity contribution >= 4 is 11.9 Å². The highest BCUT2D eigenvalue weighted by atomic mass is 16.4. The predicted molar refractivity (Wildman–Crippen MR) is 52.8 cm³/mol. The Kier molecular flexibility index (Phi) is 2.89. The van der Waals surface area contributed by atoms with Gasteiger partial charge in [0, 0.05) is 6.54 Å². The minimum atomic E-state index is -0.965. The summed E-state index contributed by atoms with van der Waals surface area (Å²) in [5.41, 5.74) is 0. The number of hydrogen-bond acceptors (Lipinski definition) is 4. The first kappa shape index (κ1) is 10.7. The highest BCUT2D eigenvalue weighted by molar-refractivity contribution is 5.94. The predicted octanol–water partition coefficient (Wildman–Crippen LogP) is 0.754. The van der Waals surface area contributed by atoms with Crippen molar-refractivity contribution in [3.05, 3.63) is 18.4 Å². The third-order valence-electron chi connectivity index (χ3n) is 2.69. The van der Waals surface area contributed by atoms with Gasteiger partial charge in [-0.3, -0.25) is 4.79 Å². The lowest BCUT2D eigenvalue weighted by Gasteiger charge is -2.32. The number of carboxylic acids is 1. The third kappa shape index (κ3) is 1.91. The SMILES string of the molecule is O=C(O)C1CCCCN1C(=O)c1cnco1. The Bertz CT molecular complexity index is 388. The quantitative estimate of drug-likeness (QED) is 0.801. The number of hydrogen-bond donors (Lipinski definition) is 1. The van der Waals surface area contributed by atoms with Crippen LogP contribution in [0.5, 0.6) is 0 Å². The molecule has 6 nitrogen and oxygen atoms in total. The van der Waals surface area contributed by atoms with Crippen LogP contribution >= 0.6 is 0 Å². The molecule has 1 N–H and O–H groups in total. The Labute approximate surface area is 91.9 Å². The molecular formula is C10H12N2O4. The van der Waals surface area contributed by atoms with Gasteiger partial charge in [-0.05, 0) is 19.3 Å². The first-order valence-corrected chi connectivity index (χ1v) is 5.12. The van der Waals surface area contributed by atoms with Gasteiger partial charge in [0.05, 0.1) is 6.20 Å². The molecule has 1 aromatic rings. The van der Waals surface area contributed by atoms with Crippen molar-refractivity contribution < 1.29 is 19.1 Å². The lowest BCUT2D eigenvalue weighted by Crippen LogP contribution is -2.47. The molecule has 1 unspecified atom stereocenters. The van der Waals surface area contributed by atoms with Gasteiger partial charge >= 0.3 is 5.97 Å². The maximum absolute atomic E-state index is 11.9. The van der Waals surface area contributed by atoms with E-state index in [9.17, 15) is 9.59 Å². The second-order valence-corrected chi connectivity index (χ2v) is 3.71. The first-order chi connectivity index (χ1) is 7.70. The summed E-state index contributed by atoms with van der Waals surface area (Å²) in [7, 11) is 0. The van der Waals surface area contributed by atoms with Gasteiger partial charge in [-0.15, -0.1) is 0 Å². The van der Waals surface area contributed by atoms with E-state index in [2.05, 4.69) is 4.98 Å². The average molecular weight is 224 g/mol. The summed E-state index contributed by atoms with van der Waals surface area (Å²) in [6.07, 6.45) is 4.61. The smallest absolute Gasteiger partial charge is 0.326 e. The highest BCUT2D eigenvalue weighted by Gasteiger charge is 2.33. The van der Waals surface area contributed by atoms with E-state index in [0.29, 0.717) is 13.0 Å². The summed E-state index contributed by atoms with van der Waals surface area (Å²) in [5.74, 6) is -1.27. The van der Waals surface area contributed by atoms with Crippen LogP contribution < -0.4 is 0 Å². The molecule has 0 bridgehead atoms. The molecule has 16 heavy (non-hydrogen) atoms. The molecule has 2 rings (SSSR count). The molecule has 1 aliphatic heterocycles. The van der Waals surface area contributed by atoms with Crippen LogP contribution in [-0.4, -0.2) is 39.5 Å². The molecule has 1 aliphatic rings. The number of carboxylic acid groups (broad SMARTS) is 1. The number of piperidine rings is 1. The molecule has 0 aromatic carbocycles. The van der Waals surface area contributed by atoms with E-state index in [1.165, 1.54) is 11.1 Å². The summed E-state index contributed by atoms with van der Waals surface area (Å²) in [5, 5.41) is 9.01. The minimum Gasteiger partial charge on any atom is -0.480 e. The summed E-state index contributed by atoms with van der Waals surface area (Å²) in [6.45, 7) is 0.455. The molecule has 1 fully saturated rings. The normalized spacial score (nSPS) is 20.8. The number of aromatic nitrogens is 1. The number of rotatable bonds is 2. The van der Waals surface area contributed by atoms with Gasteiger partial charge < -0.3 is 14.4 Å². The van der Waals surface area contributed by atoms with E-state index < -0.39 is 17.9 Å². The second-order valence-electron chi connectivity index (χ2n) is 3.71. The van der Waals surface area contributed by atoms with E-state index >= 15 is 0 Å². The molecule has 0 radical (unpaired) electrons. The number of carbonyl (C=O) groups is 2. The Hall–Kier alpha value is -1.85. The van der Waals surface area contributed by atoms with E-state index in [1.807, 2.05) is 0 Å². The summed E-state index contributed by atoms with van der Waals surface area (Å²) in [6, 6.07) is -0.744. The monoisotopic (exact) mass is 224 g/mol. The Morgan fingerprint density at radius 3 is 2.94 bits per heavy atom. The largest absolute Gasteiger partial charge is 0.480 e. The Morgan fingerprint density at radius 1 is 1.50 bits per heavy atom. The molecular weight excluding hydrogens is 212 g/mol. The fourth-order valence-corrected chi connectivity index (χ4v) is 1.89. The van der Waals surface area contributed by atoms with E-state index in [4.69, 9.17) is 9.52 Å². The Balaban J connectivity index is 2.17. The zero-order valence-corrected chi connectivity index (χ0v) is 8.63. The van der Waals surface area contributed by atoms with Crippen molar-refractivity contribution in [2.75, 3.05) is 6.54 Å². The zero-order chi connectivity index (χ0) is 11.5. The average Bonchev–Trinajstić information content (AvgIpc) is 2.81. The summed E-state index contributed by atoms with van der Waals surface area (Å²) in [4.78, 5) is 27.9. The fourth-order valence-electron chi connectivity index (χ4n) is 1.89. The molecule has 0 spiro atoms. The van der Waals surface area contributed by atoms with E-state index in [0.717, 1.165) is 19.2 Å². The molecule has 1 amide bonds. The third-order valence-corrected chi connectivity index (χ3v) is 2.69. The van der Waals surface area contributed by atoms with Gasteiger partial charge in [0.25, 0.3) is 5.91 Å². The number of aliphatic carboxylic acids is 1. The zero-order valence-electron chi connectivity index (χ0n) is 8.63. The van der Waals surface area contributed by atoms with Crippen LogP contribution in [0.1, 0.15) is 29.8 Å². The van der Waals surface area contributed by atoms with Crippen LogP contribution in [0.4, 0.5) is 0 Å². The number of amides is 1. The van der Waals surface area contributed by atoms with Crippen LogP contribution in [-0.2, 0) is 4.79 Å². The van der Waals surface area contributed by atoms with Crippen LogP contribution in [0.3, 0.4) is 0 Å². The molecule has 1 aromatic heterocycles. The molecule has 86 valence electrons. The molecule has 0 aliphatic carbocycles. The number of likely N-dealkylation sites (tertiary alicyclic amines) is 1. The molecule has 1 atom stereocenters. The number of carbonyl (C=O) groups excluding carboxylic acids is 1. The van der Waals surface area contributed by atoms with Crippen LogP contribution in [0.15, 0.2) is 17.0 Å².